The Morgan fingerprint density at radius 1 is 1.18 bits per heavy atom. The molecule has 0 amide bonds. The first-order valence-corrected chi connectivity index (χ1v) is 6.96. The summed E-state index contributed by atoms with van der Waals surface area (Å²) in [6.07, 6.45) is -7.28. The van der Waals surface area contributed by atoms with Crippen LogP contribution in [0.15, 0.2) is 0 Å². The van der Waals surface area contributed by atoms with E-state index in [4.69, 9.17) is 31.2 Å². The number of carbonyl (C=O) groups is 1. The monoisotopic (exact) mass is 324 g/mol. The summed E-state index contributed by atoms with van der Waals surface area (Å²) in [5.74, 6) is -1.15. The minimum Gasteiger partial charge on any atom is -0.480 e. The molecule has 0 aromatic rings. The number of aliphatic carboxylic acids is 1. The molecular formula is C12H24N2O8. The summed E-state index contributed by atoms with van der Waals surface area (Å²) in [5, 5.41) is 46.9. The molecule has 1 aliphatic heterocycles. The van der Waals surface area contributed by atoms with Gasteiger partial charge in [0.05, 0.1) is 12.7 Å². The highest BCUT2D eigenvalue weighted by Gasteiger charge is 2.44. The van der Waals surface area contributed by atoms with Gasteiger partial charge in [0.25, 0.3) is 0 Å². The van der Waals surface area contributed by atoms with Crippen LogP contribution in [0.3, 0.4) is 0 Å². The van der Waals surface area contributed by atoms with E-state index in [0.717, 1.165) is 0 Å². The van der Waals surface area contributed by atoms with Gasteiger partial charge in [-0.15, -0.1) is 0 Å². The molecule has 0 saturated carbocycles. The Morgan fingerprint density at radius 3 is 2.32 bits per heavy atom. The SMILES string of the molecule is NCC(CCC(N)C(=O)O)OC1OC(CO)C(O)C(O)C1O. The Morgan fingerprint density at radius 2 is 1.82 bits per heavy atom. The molecule has 0 aromatic carbocycles. The van der Waals surface area contributed by atoms with E-state index in [1.165, 1.54) is 0 Å². The van der Waals surface area contributed by atoms with Crippen LogP contribution < -0.4 is 11.5 Å². The van der Waals surface area contributed by atoms with Crippen molar-refractivity contribution in [2.24, 2.45) is 11.5 Å². The largest absolute Gasteiger partial charge is 0.480 e. The first-order chi connectivity index (χ1) is 10.3. The molecule has 1 rings (SSSR count). The Balaban J connectivity index is 2.59. The fourth-order valence-electron chi connectivity index (χ4n) is 2.10. The second-order valence-electron chi connectivity index (χ2n) is 5.21. The minimum atomic E-state index is -1.55. The second-order valence-corrected chi connectivity index (χ2v) is 5.21. The summed E-state index contributed by atoms with van der Waals surface area (Å²) in [6, 6.07) is -1.06. The Bertz CT molecular complexity index is 356. The maximum absolute atomic E-state index is 10.7. The number of aliphatic hydroxyl groups is 4. The quantitative estimate of drug-likeness (QED) is 0.234. The lowest BCUT2D eigenvalue weighted by atomic mass is 9.99. The van der Waals surface area contributed by atoms with Crippen LogP contribution in [0.1, 0.15) is 12.8 Å². The zero-order valence-electron chi connectivity index (χ0n) is 12.0. The number of carboxylic acids is 1. The summed E-state index contributed by atoms with van der Waals surface area (Å²) >= 11 is 0. The molecule has 10 heteroatoms. The van der Waals surface area contributed by atoms with Crippen LogP contribution >= 0.6 is 0 Å². The summed E-state index contributed by atoms with van der Waals surface area (Å²) in [7, 11) is 0. The molecule has 0 aliphatic carbocycles. The van der Waals surface area contributed by atoms with Crippen molar-refractivity contribution in [3.8, 4) is 0 Å². The topological polar surface area (TPSA) is 189 Å². The number of ether oxygens (including phenoxy) is 2. The van der Waals surface area contributed by atoms with Crippen molar-refractivity contribution in [1.29, 1.82) is 0 Å². The molecule has 10 nitrogen and oxygen atoms in total. The van der Waals surface area contributed by atoms with Crippen LogP contribution in [0.4, 0.5) is 0 Å². The van der Waals surface area contributed by atoms with E-state index in [2.05, 4.69) is 0 Å². The standard InChI is InChI=1S/C12H24N2O8/c13-3-5(1-2-6(14)11(19)20)21-12-10(18)9(17)8(16)7(4-15)22-12/h5-10,12,15-18H,1-4,13-14H2,(H,19,20). The Hall–Kier alpha value is -0.850. The van der Waals surface area contributed by atoms with Crippen molar-refractivity contribution >= 4 is 5.97 Å². The van der Waals surface area contributed by atoms with E-state index in [9.17, 15) is 20.1 Å². The van der Waals surface area contributed by atoms with Crippen molar-refractivity contribution in [2.75, 3.05) is 13.2 Å². The highest BCUT2D eigenvalue weighted by atomic mass is 16.7. The van der Waals surface area contributed by atoms with Crippen LogP contribution in [0.5, 0.6) is 0 Å². The van der Waals surface area contributed by atoms with Crippen molar-refractivity contribution < 1.29 is 39.8 Å². The molecule has 9 N–H and O–H groups in total. The van der Waals surface area contributed by atoms with E-state index in [-0.39, 0.29) is 19.4 Å². The fourth-order valence-corrected chi connectivity index (χ4v) is 2.10. The molecule has 130 valence electrons. The molecule has 1 heterocycles. The van der Waals surface area contributed by atoms with Gasteiger partial charge in [-0.2, -0.15) is 0 Å². The maximum atomic E-state index is 10.7. The lowest BCUT2D eigenvalue weighted by Crippen LogP contribution is -2.60. The predicted molar refractivity (Wildman–Crippen MR) is 72.5 cm³/mol. The van der Waals surface area contributed by atoms with E-state index in [0.29, 0.717) is 0 Å². The number of nitrogens with two attached hydrogens (primary N) is 2. The van der Waals surface area contributed by atoms with Crippen LogP contribution in [0, 0.1) is 0 Å². The number of aliphatic hydroxyl groups excluding tert-OH is 4. The van der Waals surface area contributed by atoms with E-state index >= 15 is 0 Å². The van der Waals surface area contributed by atoms with E-state index in [1.807, 2.05) is 0 Å². The third-order valence-electron chi connectivity index (χ3n) is 3.55. The zero-order chi connectivity index (χ0) is 16.9. The van der Waals surface area contributed by atoms with Crippen LogP contribution in [0.2, 0.25) is 0 Å². The first-order valence-electron chi connectivity index (χ1n) is 6.96. The highest BCUT2D eigenvalue weighted by Crippen LogP contribution is 2.23. The number of rotatable bonds is 8. The van der Waals surface area contributed by atoms with Gasteiger partial charge in [-0.25, -0.2) is 0 Å². The van der Waals surface area contributed by atoms with E-state index < -0.39 is 55.4 Å². The Kier molecular flexibility index (Phi) is 7.59. The van der Waals surface area contributed by atoms with Crippen molar-refractivity contribution in [1.82, 2.24) is 0 Å². The van der Waals surface area contributed by atoms with E-state index in [1.54, 1.807) is 0 Å². The van der Waals surface area contributed by atoms with Gasteiger partial charge in [0.1, 0.15) is 30.5 Å². The van der Waals surface area contributed by atoms with Gasteiger partial charge in [-0.1, -0.05) is 0 Å². The molecule has 1 saturated heterocycles. The lowest BCUT2D eigenvalue weighted by molar-refractivity contribution is -0.310. The van der Waals surface area contributed by atoms with Crippen molar-refractivity contribution in [2.45, 2.75) is 55.7 Å². The van der Waals surface area contributed by atoms with Gasteiger partial charge in [0, 0.05) is 6.54 Å². The second kappa shape index (κ2) is 8.70. The minimum absolute atomic E-state index is 0.0152. The molecule has 22 heavy (non-hydrogen) atoms. The van der Waals surface area contributed by atoms with Crippen LogP contribution in [-0.4, -0.2) is 87.5 Å². The fraction of sp³-hybridized carbons (Fsp3) is 0.917. The van der Waals surface area contributed by atoms with Crippen LogP contribution in [0.25, 0.3) is 0 Å². The van der Waals surface area contributed by atoms with Gasteiger partial charge in [-0.05, 0) is 12.8 Å². The molecule has 1 fully saturated rings. The van der Waals surface area contributed by atoms with Crippen LogP contribution in [-0.2, 0) is 14.3 Å². The summed E-state index contributed by atoms with van der Waals surface area (Å²) < 4.78 is 10.6. The average molecular weight is 324 g/mol. The smallest absolute Gasteiger partial charge is 0.320 e. The lowest BCUT2D eigenvalue weighted by Gasteiger charge is -2.40. The van der Waals surface area contributed by atoms with Crippen molar-refractivity contribution in [3.05, 3.63) is 0 Å². The first kappa shape index (κ1) is 19.2. The van der Waals surface area contributed by atoms with Gasteiger partial charge in [0.2, 0.25) is 0 Å². The molecule has 0 aromatic heterocycles. The van der Waals surface area contributed by atoms with Crippen molar-refractivity contribution in [3.63, 3.8) is 0 Å². The summed E-state index contributed by atoms with van der Waals surface area (Å²) in [4.78, 5) is 10.7. The zero-order valence-corrected chi connectivity index (χ0v) is 12.0. The third kappa shape index (κ3) is 4.83. The molecular weight excluding hydrogens is 300 g/mol. The molecule has 0 spiro atoms. The van der Waals surface area contributed by atoms with Gasteiger partial charge < -0.3 is 46.5 Å². The number of hydrogen-bond acceptors (Lipinski definition) is 9. The molecule has 1 aliphatic rings. The predicted octanol–water partition coefficient (Wildman–Crippen LogP) is -3.68. The molecule has 0 radical (unpaired) electrons. The number of hydrogen-bond donors (Lipinski definition) is 7. The Labute approximate surface area is 127 Å². The molecule has 0 bridgehead atoms. The van der Waals surface area contributed by atoms with Gasteiger partial charge >= 0.3 is 5.97 Å². The molecule has 7 atom stereocenters. The summed E-state index contributed by atoms with van der Waals surface area (Å²) in [6.45, 7) is -0.552. The number of carboxylic acid groups (broad SMARTS) is 1. The average Bonchev–Trinajstić information content (AvgIpc) is 2.50. The van der Waals surface area contributed by atoms with Gasteiger partial charge in [0.15, 0.2) is 6.29 Å². The molecule has 7 unspecified atom stereocenters. The summed E-state index contributed by atoms with van der Waals surface area (Å²) in [5.41, 5.74) is 10.9. The highest BCUT2D eigenvalue weighted by molar-refractivity contribution is 5.72. The normalized spacial score (nSPS) is 35.1. The maximum Gasteiger partial charge on any atom is 0.320 e. The third-order valence-corrected chi connectivity index (χ3v) is 3.55. The van der Waals surface area contributed by atoms with Gasteiger partial charge in [-0.3, -0.25) is 4.79 Å².